The second-order valence-electron chi connectivity index (χ2n) is 12.1. The first kappa shape index (κ1) is 51.4. The number of carbonyl (C=O) groups is 4. The van der Waals surface area contributed by atoms with Gasteiger partial charge in [0.05, 0.1) is 152 Å². The number of Topliss-reactive ketones (excluding diaryl/α,β-unsaturated/α-hetero) is 1. The van der Waals surface area contributed by atoms with Crippen LogP contribution in [0.1, 0.15) is 33.6 Å². The van der Waals surface area contributed by atoms with Crippen LogP contribution in [0.25, 0.3) is 0 Å². The number of likely N-dealkylation sites (N-methyl/N-ethyl adjacent to an activating group) is 1. The number of hydrogen-bond acceptors (Lipinski definition) is 17. The molecule has 19 nitrogen and oxygen atoms in total. The molecule has 54 heavy (non-hydrogen) atoms. The Labute approximate surface area is 319 Å². The fraction of sp³-hybridized carbons (Fsp3) is 0.886. The molecular weight excluding hydrogens is 722 g/mol. The summed E-state index contributed by atoms with van der Waals surface area (Å²) in [6.45, 7) is 15.2. The maximum absolute atomic E-state index is 11.9. The van der Waals surface area contributed by atoms with Crippen LogP contribution < -0.4 is 0 Å². The number of carboxylic acid groups (broad SMARTS) is 1. The minimum absolute atomic E-state index is 0.00814. The number of hydrogen-bond donors (Lipinski definition) is 1. The molecule has 0 aliphatic heterocycles. The van der Waals surface area contributed by atoms with E-state index >= 15 is 0 Å². The van der Waals surface area contributed by atoms with Crippen molar-refractivity contribution >= 4 is 23.8 Å². The Morgan fingerprint density at radius 1 is 0.444 bits per heavy atom. The van der Waals surface area contributed by atoms with E-state index in [0.29, 0.717) is 145 Å². The van der Waals surface area contributed by atoms with E-state index in [1.54, 1.807) is 7.05 Å². The molecular formula is C35H65NO18. The summed E-state index contributed by atoms with van der Waals surface area (Å²) < 4.78 is 69.9. The van der Waals surface area contributed by atoms with E-state index < -0.39 is 29.7 Å². The number of nitrogens with zero attached hydrogens (tertiary/aromatic N) is 1. The maximum atomic E-state index is 11.9. The molecule has 0 aromatic rings. The van der Waals surface area contributed by atoms with E-state index in [-0.39, 0.29) is 25.7 Å². The van der Waals surface area contributed by atoms with Gasteiger partial charge in [0.25, 0.3) is 0 Å². The molecule has 0 aliphatic carbocycles. The van der Waals surface area contributed by atoms with Gasteiger partial charge in [-0.05, 0) is 20.8 Å². The van der Waals surface area contributed by atoms with Crippen molar-refractivity contribution in [1.29, 1.82) is 0 Å². The summed E-state index contributed by atoms with van der Waals surface area (Å²) in [6, 6.07) is 0. The average molecular weight is 788 g/mol. The molecule has 19 heteroatoms. The predicted molar refractivity (Wildman–Crippen MR) is 191 cm³/mol. The smallest absolute Gasteiger partial charge is 0.410 e. The molecule has 1 amide bonds. The van der Waals surface area contributed by atoms with Crippen LogP contribution in [0.15, 0.2) is 0 Å². The van der Waals surface area contributed by atoms with Crippen LogP contribution in [0.5, 0.6) is 0 Å². The molecule has 0 saturated carbocycles. The molecule has 0 aromatic heterocycles. The molecule has 0 aliphatic rings. The van der Waals surface area contributed by atoms with E-state index in [1.165, 1.54) is 4.90 Å². The predicted octanol–water partition coefficient (Wildman–Crippen LogP) is 1.01. The Balaban J connectivity index is 3.19. The number of amides is 1. The molecule has 0 heterocycles. The SMILES string of the molecule is CN(CCOCCOCCOCCOCCOCCOCCOCCOCCOCCOCCOCCOC(=O)CCC(=O)C(=O)O)C(=O)OC(C)(C)C. The Morgan fingerprint density at radius 3 is 1.00 bits per heavy atom. The fourth-order valence-corrected chi connectivity index (χ4v) is 3.54. The summed E-state index contributed by atoms with van der Waals surface area (Å²) in [5.41, 5.74) is -0.521. The van der Waals surface area contributed by atoms with E-state index in [1.807, 2.05) is 20.8 Å². The van der Waals surface area contributed by atoms with Crippen LogP contribution in [-0.4, -0.2) is 205 Å². The molecule has 318 valence electrons. The summed E-state index contributed by atoms with van der Waals surface area (Å²) >= 11 is 0. The van der Waals surface area contributed by atoms with E-state index in [0.717, 1.165) is 0 Å². The van der Waals surface area contributed by atoms with E-state index in [9.17, 15) is 19.2 Å². The van der Waals surface area contributed by atoms with Gasteiger partial charge < -0.3 is 71.6 Å². The highest BCUT2D eigenvalue weighted by molar-refractivity contribution is 6.32. The largest absolute Gasteiger partial charge is 0.476 e. The second-order valence-corrected chi connectivity index (χ2v) is 12.1. The highest BCUT2D eigenvalue weighted by Crippen LogP contribution is 2.08. The van der Waals surface area contributed by atoms with Crippen LogP contribution in [0, 0.1) is 0 Å². The topological polar surface area (TPSA) is 212 Å². The third-order valence-electron chi connectivity index (χ3n) is 6.28. The minimum atomic E-state index is -1.57. The molecule has 0 atom stereocenters. The highest BCUT2D eigenvalue weighted by Gasteiger charge is 2.19. The molecule has 0 bridgehead atoms. The quantitative estimate of drug-likeness (QED) is 0.0522. The average Bonchev–Trinajstić information content (AvgIpc) is 3.12. The van der Waals surface area contributed by atoms with Gasteiger partial charge in [-0.1, -0.05) is 0 Å². The number of ketones is 1. The first-order valence-electron chi connectivity index (χ1n) is 18.2. The van der Waals surface area contributed by atoms with Gasteiger partial charge in [0.1, 0.15) is 12.2 Å². The standard InChI is InChI=1S/C35H65NO18/c1-35(2,3)54-34(41)36(4)7-8-42-9-10-43-11-12-44-13-14-45-15-16-46-17-18-47-19-20-48-21-22-49-23-24-50-25-26-51-27-28-52-29-30-53-32(38)6-5-31(37)33(39)40/h5-30H2,1-4H3,(H,39,40). The monoisotopic (exact) mass is 787 g/mol. The maximum Gasteiger partial charge on any atom is 0.410 e. The van der Waals surface area contributed by atoms with Crippen LogP contribution in [0.3, 0.4) is 0 Å². The Kier molecular flexibility index (Phi) is 35.6. The van der Waals surface area contributed by atoms with Gasteiger partial charge in [0.2, 0.25) is 5.78 Å². The van der Waals surface area contributed by atoms with Crippen molar-refractivity contribution in [3.05, 3.63) is 0 Å². The van der Waals surface area contributed by atoms with Crippen molar-refractivity contribution in [2.45, 2.75) is 39.2 Å². The Hall–Kier alpha value is -2.56. The van der Waals surface area contributed by atoms with Crippen LogP contribution in [0.2, 0.25) is 0 Å². The van der Waals surface area contributed by atoms with E-state index in [4.69, 9.17) is 66.7 Å². The van der Waals surface area contributed by atoms with E-state index in [2.05, 4.69) is 0 Å². The summed E-state index contributed by atoms with van der Waals surface area (Å²) in [7, 11) is 1.67. The van der Waals surface area contributed by atoms with Gasteiger partial charge in [0.15, 0.2) is 0 Å². The third-order valence-corrected chi connectivity index (χ3v) is 6.28. The Morgan fingerprint density at radius 2 is 0.722 bits per heavy atom. The number of carbonyl (C=O) groups excluding carboxylic acids is 3. The number of ether oxygens (including phenoxy) is 13. The lowest BCUT2D eigenvalue weighted by Gasteiger charge is -2.24. The van der Waals surface area contributed by atoms with Crippen molar-refractivity contribution in [3.63, 3.8) is 0 Å². The van der Waals surface area contributed by atoms with Crippen molar-refractivity contribution in [2.75, 3.05) is 166 Å². The first-order chi connectivity index (χ1) is 26.0. The Bertz CT molecular complexity index is 919. The van der Waals surface area contributed by atoms with Crippen molar-refractivity contribution in [3.8, 4) is 0 Å². The minimum Gasteiger partial charge on any atom is -0.476 e. The molecule has 0 radical (unpaired) electrons. The van der Waals surface area contributed by atoms with Gasteiger partial charge >= 0.3 is 18.0 Å². The zero-order valence-electron chi connectivity index (χ0n) is 32.7. The molecule has 1 N–H and O–H groups in total. The van der Waals surface area contributed by atoms with Crippen molar-refractivity contribution < 1.29 is 85.9 Å². The van der Waals surface area contributed by atoms with Gasteiger partial charge in [-0.15, -0.1) is 0 Å². The van der Waals surface area contributed by atoms with Crippen LogP contribution in [-0.2, 0) is 76.0 Å². The molecule has 0 aromatic carbocycles. The second kappa shape index (κ2) is 37.4. The zero-order valence-corrected chi connectivity index (χ0v) is 32.7. The normalized spacial score (nSPS) is 11.5. The van der Waals surface area contributed by atoms with Gasteiger partial charge in [-0.25, -0.2) is 9.59 Å². The summed E-state index contributed by atoms with van der Waals surface area (Å²) in [5, 5.41) is 8.45. The lowest BCUT2D eigenvalue weighted by molar-refractivity contribution is -0.151. The van der Waals surface area contributed by atoms with Gasteiger partial charge in [-0.2, -0.15) is 0 Å². The van der Waals surface area contributed by atoms with Crippen LogP contribution >= 0.6 is 0 Å². The lowest BCUT2D eigenvalue weighted by Crippen LogP contribution is -2.36. The molecule has 0 rings (SSSR count). The molecule has 0 saturated heterocycles. The number of carboxylic acids is 1. The van der Waals surface area contributed by atoms with Crippen molar-refractivity contribution in [1.82, 2.24) is 4.90 Å². The van der Waals surface area contributed by atoms with Gasteiger partial charge in [-0.3, -0.25) is 9.59 Å². The number of aliphatic carboxylic acids is 1. The van der Waals surface area contributed by atoms with Crippen molar-refractivity contribution in [2.24, 2.45) is 0 Å². The highest BCUT2D eigenvalue weighted by atomic mass is 16.6. The molecule has 0 fully saturated rings. The van der Waals surface area contributed by atoms with Crippen LogP contribution in [0.4, 0.5) is 4.79 Å². The third kappa shape index (κ3) is 39.1. The summed E-state index contributed by atoms with van der Waals surface area (Å²) in [6.07, 6.45) is -1.04. The fourth-order valence-electron chi connectivity index (χ4n) is 3.54. The lowest BCUT2D eigenvalue weighted by atomic mass is 10.2. The van der Waals surface area contributed by atoms with Gasteiger partial charge in [0, 0.05) is 20.0 Å². The number of esters is 1. The zero-order chi connectivity index (χ0) is 40.0. The number of rotatable bonds is 40. The summed E-state index contributed by atoms with van der Waals surface area (Å²) in [4.78, 5) is 46.0. The first-order valence-corrected chi connectivity index (χ1v) is 18.2. The molecule has 0 spiro atoms. The summed E-state index contributed by atoms with van der Waals surface area (Å²) in [5.74, 6) is -3.25. The molecule has 0 unspecified atom stereocenters.